The van der Waals surface area contributed by atoms with Gasteiger partial charge in [-0.25, -0.2) is 4.98 Å². The largest absolute Gasteiger partial charge is 0.474 e. The summed E-state index contributed by atoms with van der Waals surface area (Å²) in [4.78, 5) is 12.7. The summed E-state index contributed by atoms with van der Waals surface area (Å²) in [7, 11) is 2.24. The first kappa shape index (κ1) is 24.0. The van der Waals surface area contributed by atoms with Gasteiger partial charge in [0.05, 0.1) is 0 Å². The maximum absolute atomic E-state index is 6.55. The molecule has 2 aliphatic rings. The van der Waals surface area contributed by atoms with Crippen LogP contribution in [0.2, 0.25) is 0 Å². The van der Waals surface area contributed by atoms with Crippen LogP contribution in [0.5, 0.6) is 5.88 Å². The molecule has 184 valence electrons. The van der Waals surface area contributed by atoms with Crippen molar-refractivity contribution in [1.29, 1.82) is 0 Å². The van der Waals surface area contributed by atoms with Crippen LogP contribution in [-0.4, -0.2) is 28.0 Å². The average Bonchev–Trinajstić information content (AvgIpc) is 2.86. The lowest BCUT2D eigenvalue weighted by molar-refractivity contribution is 0.110. The zero-order chi connectivity index (χ0) is 24.4. The normalized spacial score (nSPS) is 17.8. The van der Waals surface area contributed by atoms with E-state index in [4.69, 9.17) is 14.7 Å². The first-order chi connectivity index (χ1) is 17.1. The lowest BCUT2D eigenvalue weighted by Crippen LogP contribution is -2.30. The number of aromatic nitrogens is 2. The SMILES string of the molecule is CCc1cccc(CC)c1-c1nc(C)c(CN(C)[C@H]2CCCc3ccccc32)c(OC2CCC2)n1. The molecule has 3 aromatic rings. The Morgan fingerprint density at radius 2 is 1.66 bits per heavy atom. The maximum atomic E-state index is 6.55. The van der Waals surface area contributed by atoms with Gasteiger partial charge in [-0.2, -0.15) is 4.98 Å². The van der Waals surface area contributed by atoms with Crippen LogP contribution in [0.3, 0.4) is 0 Å². The molecule has 4 nitrogen and oxygen atoms in total. The molecule has 1 saturated carbocycles. The van der Waals surface area contributed by atoms with E-state index < -0.39 is 0 Å². The first-order valence-corrected chi connectivity index (χ1v) is 13.5. The van der Waals surface area contributed by atoms with E-state index >= 15 is 0 Å². The lowest BCUT2D eigenvalue weighted by atomic mass is 9.87. The van der Waals surface area contributed by atoms with Crippen LogP contribution in [0.25, 0.3) is 11.4 Å². The van der Waals surface area contributed by atoms with Gasteiger partial charge in [-0.1, -0.05) is 56.3 Å². The van der Waals surface area contributed by atoms with Crippen LogP contribution >= 0.6 is 0 Å². The molecule has 0 unspecified atom stereocenters. The van der Waals surface area contributed by atoms with Gasteiger partial charge in [0.25, 0.3) is 0 Å². The van der Waals surface area contributed by atoms with Crippen molar-refractivity contribution in [3.63, 3.8) is 0 Å². The number of fused-ring (bicyclic) bond motifs is 1. The predicted octanol–water partition coefficient (Wildman–Crippen LogP) is 7.02. The average molecular weight is 470 g/mol. The van der Waals surface area contributed by atoms with E-state index in [1.165, 1.54) is 53.5 Å². The predicted molar refractivity (Wildman–Crippen MR) is 143 cm³/mol. The van der Waals surface area contributed by atoms with E-state index in [2.05, 4.69) is 75.2 Å². The van der Waals surface area contributed by atoms with Crippen molar-refractivity contribution in [3.05, 3.63) is 76.0 Å². The molecular weight excluding hydrogens is 430 g/mol. The third-order valence-electron chi connectivity index (χ3n) is 8.01. The Bertz CT molecular complexity index is 1160. The number of ether oxygens (including phenoxy) is 1. The molecule has 2 aromatic carbocycles. The van der Waals surface area contributed by atoms with Crippen LogP contribution < -0.4 is 4.74 Å². The maximum Gasteiger partial charge on any atom is 0.222 e. The fraction of sp³-hybridized carbons (Fsp3) is 0.484. The minimum Gasteiger partial charge on any atom is -0.474 e. The minimum absolute atomic E-state index is 0.281. The van der Waals surface area contributed by atoms with Gasteiger partial charge in [0.15, 0.2) is 5.82 Å². The smallest absolute Gasteiger partial charge is 0.222 e. The molecule has 0 saturated heterocycles. The third-order valence-corrected chi connectivity index (χ3v) is 8.01. The highest BCUT2D eigenvalue weighted by Crippen LogP contribution is 2.37. The second-order valence-corrected chi connectivity index (χ2v) is 10.3. The summed E-state index contributed by atoms with van der Waals surface area (Å²) in [6.45, 7) is 7.35. The highest BCUT2D eigenvalue weighted by atomic mass is 16.5. The van der Waals surface area contributed by atoms with E-state index in [1.54, 1.807) is 0 Å². The molecule has 0 radical (unpaired) electrons. The van der Waals surface area contributed by atoms with Crippen molar-refractivity contribution < 1.29 is 4.74 Å². The van der Waals surface area contributed by atoms with Gasteiger partial charge in [0.2, 0.25) is 5.88 Å². The van der Waals surface area contributed by atoms with Crippen LogP contribution in [-0.2, 0) is 25.8 Å². The van der Waals surface area contributed by atoms with Crippen molar-refractivity contribution in [3.8, 4) is 17.3 Å². The highest BCUT2D eigenvalue weighted by Gasteiger charge is 2.28. The minimum atomic E-state index is 0.281. The van der Waals surface area contributed by atoms with Crippen molar-refractivity contribution >= 4 is 0 Å². The second kappa shape index (κ2) is 10.5. The van der Waals surface area contributed by atoms with E-state index in [0.717, 1.165) is 55.2 Å². The number of hydrogen-bond acceptors (Lipinski definition) is 4. The van der Waals surface area contributed by atoms with Gasteiger partial charge < -0.3 is 4.74 Å². The van der Waals surface area contributed by atoms with Crippen molar-refractivity contribution in [2.24, 2.45) is 0 Å². The fourth-order valence-electron chi connectivity index (χ4n) is 5.68. The number of nitrogens with zero attached hydrogens (tertiary/aromatic N) is 3. The van der Waals surface area contributed by atoms with Gasteiger partial charge in [0.1, 0.15) is 6.10 Å². The molecule has 1 heterocycles. The summed E-state index contributed by atoms with van der Waals surface area (Å²) in [6, 6.07) is 15.9. The fourth-order valence-corrected chi connectivity index (χ4v) is 5.68. The molecule has 5 rings (SSSR count). The van der Waals surface area contributed by atoms with E-state index in [9.17, 15) is 0 Å². The number of rotatable bonds is 8. The molecule has 1 fully saturated rings. The molecule has 1 atom stereocenters. The molecule has 0 spiro atoms. The summed E-state index contributed by atoms with van der Waals surface area (Å²) < 4.78 is 6.55. The Labute approximate surface area is 210 Å². The number of hydrogen-bond donors (Lipinski definition) is 0. The monoisotopic (exact) mass is 469 g/mol. The van der Waals surface area contributed by atoms with Crippen molar-refractivity contribution in [1.82, 2.24) is 14.9 Å². The molecule has 0 N–H and O–H groups in total. The Morgan fingerprint density at radius 1 is 0.914 bits per heavy atom. The summed E-state index contributed by atoms with van der Waals surface area (Å²) >= 11 is 0. The summed E-state index contributed by atoms with van der Waals surface area (Å²) in [5.74, 6) is 1.61. The van der Waals surface area contributed by atoms with Gasteiger partial charge in [-0.3, -0.25) is 4.90 Å². The highest BCUT2D eigenvalue weighted by molar-refractivity contribution is 5.66. The third kappa shape index (κ3) is 4.86. The lowest BCUT2D eigenvalue weighted by Gasteiger charge is -2.34. The van der Waals surface area contributed by atoms with Crippen LogP contribution in [0.4, 0.5) is 0 Å². The summed E-state index contributed by atoms with van der Waals surface area (Å²) in [5, 5.41) is 0. The molecule has 35 heavy (non-hydrogen) atoms. The van der Waals surface area contributed by atoms with Crippen LogP contribution in [0.15, 0.2) is 42.5 Å². The molecule has 0 amide bonds. The quantitative estimate of drug-likeness (QED) is 0.355. The topological polar surface area (TPSA) is 38.2 Å². The van der Waals surface area contributed by atoms with E-state index in [1.807, 2.05) is 0 Å². The standard InChI is InChI=1S/C31H39N3O/c1-5-22-13-9-14-23(6-2)29(22)30-32-21(3)27(31(33-30)35-25-16-11-17-25)20-34(4)28-19-10-15-24-12-7-8-18-26(24)28/h7-9,12-14,18,25,28H,5-6,10-11,15-17,19-20H2,1-4H3/t28-/m0/s1. The van der Waals surface area contributed by atoms with Gasteiger partial charge in [-0.05, 0) is 87.6 Å². The molecular formula is C31H39N3O. The molecule has 2 aliphatic carbocycles. The Kier molecular flexibility index (Phi) is 7.19. The van der Waals surface area contributed by atoms with E-state index in [0.29, 0.717) is 6.04 Å². The Morgan fingerprint density at radius 3 is 2.34 bits per heavy atom. The van der Waals surface area contributed by atoms with Crippen molar-refractivity contribution in [2.45, 2.75) is 90.8 Å². The van der Waals surface area contributed by atoms with Crippen molar-refractivity contribution in [2.75, 3.05) is 7.05 Å². The Hall–Kier alpha value is -2.72. The van der Waals surface area contributed by atoms with Crippen LogP contribution in [0, 0.1) is 6.92 Å². The Balaban J connectivity index is 1.52. The van der Waals surface area contributed by atoms with Crippen LogP contribution in [0.1, 0.15) is 85.5 Å². The number of aryl methyl sites for hydroxylation is 4. The molecule has 4 heteroatoms. The summed E-state index contributed by atoms with van der Waals surface area (Å²) in [5.41, 5.74) is 8.95. The molecule has 0 aliphatic heterocycles. The zero-order valence-corrected chi connectivity index (χ0v) is 21.8. The number of benzene rings is 2. The van der Waals surface area contributed by atoms with E-state index in [-0.39, 0.29) is 6.10 Å². The van der Waals surface area contributed by atoms with Gasteiger partial charge >= 0.3 is 0 Å². The molecule has 1 aromatic heterocycles. The van der Waals surface area contributed by atoms with Gasteiger partial charge in [0, 0.05) is 29.4 Å². The zero-order valence-electron chi connectivity index (χ0n) is 21.8. The second-order valence-electron chi connectivity index (χ2n) is 10.3. The first-order valence-electron chi connectivity index (χ1n) is 13.5. The summed E-state index contributed by atoms with van der Waals surface area (Å²) in [6.07, 6.45) is 9.31. The molecule has 0 bridgehead atoms. The van der Waals surface area contributed by atoms with Gasteiger partial charge in [-0.15, -0.1) is 0 Å².